The van der Waals surface area contributed by atoms with Crippen molar-refractivity contribution in [3.05, 3.63) is 88.2 Å². The van der Waals surface area contributed by atoms with E-state index in [1.165, 1.54) is 6.07 Å². The zero-order valence-corrected chi connectivity index (χ0v) is 41.2. The summed E-state index contributed by atoms with van der Waals surface area (Å²) in [5.74, 6) is 0.493. The van der Waals surface area contributed by atoms with Crippen LogP contribution >= 0.6 is 0 Å². The van der Waals surface area contributed by atoms with Crippen LogP contribution in [0.1, 0.15) is 122 Å². The fourth-order valence-electron chi connectivity index (χ4n) is 8.70. The number of benzene rings is 2. The summed E-state index contributed by atoms with van der Waals surface area (Å²) in [6, 6.07) is 15.7. The number of aryl methyl sites for hydroxylation is 2. The third-order valence-electron chi connectivity index (χ3n) is 12.5. The van der Waals surface area contributed by atoms with Crippen LogP contribution in [0.5, 0.6) is 0 Å². The molecule has 7 heterocycles. The molecule has 0 spiro atoms. The summed E-state index contributed by atoms with van der Waals surface area (Å²) < 4.78 is 69.4. The second-order valence-corrected chi connectivity index (χ2v) is 16.5. The Hall–Kier alpha value is -6.34. The molecule has 0 radical (unpaired) electrons. The predicted molar refractivity (Wildman–Crippen MR) is 263 cm³/mol. The Kier molecular flexibility index (Phi) is 17.6. The summed E-state index contributed by atoms with van der Waals surface area (Å²) in [6.07, 6.45) is -1.87. The van der Waals surface area contributed by atoms with E-state index in [4.69, 9.17) is 19.7 Å². The van der Waals surface area contributed by atoms with Crippen LogP contribution in [0.25, 0.3) is 22.1 Å². The van der Waals surface area contributed by atoms with E-state index in [1.807, 2.05) is 67.2 Å². The molecule has 0 bridgehead atoms. The first-order valence-corrected chi connectivity index (χ1v) is 23.7. The van der Waals surface area contributed by atoms with E-state index >= 15 is 0 Å². The number of amides is 2. The van der Waals surface area contributed by atoms with Crippen LogP contribution < -0.4 is 25.3 Å². The zero-order chi connectivity index (χ0) is 50.1. The van der Waals surface area contributed by atoms with Crippen molar-refractivity contribution in [3.8, 4) is 0 Å². The Morgan fingerprint density at radius 1 is 0.667 bits per heavy atom. The molecular formula is C50H65F4N11O4. The van der Waals surface area contributed by atoms with Crippen LogP contribution in [0, 0.1) is 13.8 Å². The molecule has 2 saturated heterocycles. The van der Waals surface area contributed by atoms with Crippen LogP contribution in [0.3, 0.4) is 0 Å². The largest absolute Gasteiger partial charge is 0.381 e. The Morgan fingerprint density at radius 2 is 1.17 bits per heavy atom. The maximum absolute atomic E-state index is 13.8. The van der Waals surface area contributed by atoms with E-state index in [9.17, 15) is 27.2 Å². The molecule has 2 N–H and O–H groups in total. The number of likely N-dealkylation sites (N-methyl/N-ethyl adjacent to an activating group) is 1. The van der Waals surface area contributed by atoms with E-state index in [0.717, 1.165) is 42.4 Å². The molecule has 6 aromatic rings. The highest BCUT2D eigenvalue weighted by Gasteiger charge is 2.31. The standard InChI is InChI=1S/C24H28F2N6O2.C22H25F2N5O2.2C2H6/c1-14-12-19-20(13-16(14)22(25)26)31(9-8-30(19)3)23-21-18(5-4-17(28-21)24(33)27-2)32(29-23)15-6-10-34-11-7-15;1-13-4-5-15(12-16(13)20(23)24)28(3)21-19-18(7-6-17(26-19)22(30)25-2)29(27-21)14-8-10-31-11-9-14;2*1-2/h4-5,12-13,15,22H,6-11H2,1-3H3,(H,27,33);4-7,12,14,20H,8-11H2,1-3H3,(H,25,30);2*1-2H3. The molecule has 2 aromatic carbocycles. The molecule has 15 nitrogen and oxygen atoms in total. The summed E-state index contributed by atoms with van der Waals surface area (Å²) in [5, 5.41) is 15.0. The van der Waals surface area contributed by atoms with Gasteiger partial charge in [0.05, 0.1) is 34.5 Å². The van der Waals surface area contributed by atoms with Gasteiger partial charge < -0.3 is 34.8 Å². The highest BCUT2D eigenvalue weighted by Crippen LogP contribution is 2.43. The second kappa shape index (κ2) is 23.3. The molecule has 19 heteroatoms. The average Bonchev–Trinajstić information content (AvgIpc) is 3.96. The number of nitrogens with zero attached hydrogens (tertiary/aromatic N) is 9. The minimum absolute atomic E-state index is 0.00577. The number of alkyl halides is 4. The number of hydrogen-bond donors (Lipinski definition) is 2. The van der Waals surface area contributed by atoms with Crippen molar-refractivity contribution < 1.29 is 36.6 Å². The molecule has 0 aliphatic carbocycles. The number of fused-ring (bicyclic) bond motifs is 3. The summed E-state index contributed by atoms with van der Waals surface area (Å²) >= 11 is 0. The number of aromatic nitrogens is 6. The van der Waals surface area contributed by atoms with Crippen molar-refractivity contribution in [2.75, 3.05) is 82.4 Å². The lowest BCUT2D eigenvalue weighted by Gasteiger charge is -2.36. The first-order valence-electron chi connectivity index (χ1n) is 23.7. The van der Waals surface area contributed by atoms with Crippen LogP contribution in [0.15, 0.2) is 54.6 Å². The van der Waals surface area contributed by atoms with Crippen LogP contribution in [-0.4, -0.2) is 109 Å². The maximum atomic E-state index is 13.8. The molecular weight excluding hydrogens is 895 g/mol. The fraction of sp³-hybridized carbons (Fsp3) is 0.480. The SMILES string of the molecule is CC.CC.CNC(=O)c1ccc2c(n1)c(N(C)c1ccc(C)c(C(F)F)c1)nn2C1CCOCC1.CNC(=O)c1ccc2c(n1)c(N1CCN(C)c3cc(C)c(C(F)F)cc31)nn2C1CCOCC1. The Morgan fingerprint density at radius 3 is 1.71 bits per heavy atom. The number of rotatable bonds is 9. The molecule has 3 aliphatic rings. The number of pyridine rings is 2. The Bertz CT molecular complexity index is 2720. The fourth-order valence-corrected chi connectivity index (χ4v) is 8.70. The molecule has 9 rings (SSSR count). The smallest absolute Gasteiger partial charge is 0.269 e. The number of anilines is 5. The van der Waals surface area contributed by atoms with Crippen molar-refractivity contribution in [2.45, 2.75) is 92.2 Å². The summed E-state index contributed by atoms with van der Waals surface area (Å²) in [7, 11) is 6.83. The number of hydrogen-bond acceptors (Lipinski definition) is 11. The number of carbonyl (C=O) groups excluding carboxylic acids is 2. The van der Waals surface area contributed by atoms with E-state index in [0.29, 0.717) is 84.7 Å². The van der Waals surface area contributed by atoms with E-state index in [-0.39, 0.29) is 46.4 Å². The lowest BCUT2D eigenvalue weighted by molar-refractivity contribution is 0.0674. The third-order valence-corrected chi connectivity index (χ3v) is 12.5. The summed E-state index contributed by atoms with van der Waals surface area (Å²) in [6.45, 7) is 15.2. The van der Waals surface area contributed by atoms with Crippen molar-refractivity contribution in [3.63, 3.8) is 0 Å². The normalized spacial score (nSPS) is 15.2. The van der Waals surface area contributed by atoms with Crippen LogP contribution in [0.4, 0.5) is 46.3 Å². The molecule has 69 heavy (non-hydrogen) atoms. The average molecular weight is 960 g/mol. The third kappa shape index (κ3) is 10.9. The lowest BCUT2D eigenvalue weighted by atomic mass is 10.0. The molecule has 0 unspecified atom stereocenters. The van der Waals surface area contributed by atoms with E-state index in [2.05, 4.69) is 25.5 Å². The van der Waals surface area contributed by atoms with Gasteiger partial charge >= 0.3 is 0 Å². The van der Waals surface area contributed by atoms with Gasteiger partial charge in [-0.05, 0) is 99.2 Å². The maximum Gasteiger partial charge on any atom is 0.269 e. The monoisotopic (exact) mass is 960 g/mol. The lowest BCUT2D eigenvalue weighted by Crippen LogP contribution is -2.37. The highest BCUT2D eigenvalue weighted by atomic mass is 19.3. The van der Waals surface area contributed by atoms with Gasteiger partial charge in [-0.3, -0.25) is 19.0 Å². The molecule has 3 aliphatic heterocycles. The molecule has 2 amide bonds. The molecule has 4 aromatic heterocycles. The van der Waals surface area contributed by atoms with Crippen molar-refractivity contribution >= 4 is 62.6 Å². The minimum Gasteiger partial charge on any atom is -0.381 e. The Balaban J connectivity index is 0.000000213. The topological polar surface area (TPSA) is 148 Å². The van der Waals surface area contributed by atoms with Gasteiger partial charge in [-0.2, -0.15) is 10.2 Å². The van der Waals surface area contributed by atoms with E-state index in [1.54, 1.807) is 70.2 Å². The van der Waals surface area contributed by atoms with Crippen molar-refractivity contribution in [2.24, 2.45) is 0 Å². The van der Waals surface area contributed by atoms with Gasteiger partial charge in [0.15, 0.2) is 11.6 Å². The number of nitrogens with one attached hydrogen (secondary N) is 2. The first kappa shape index (κ1) is 52.0. The van der Waals surface area contributed by atoms with Gasteiger partial charge in [0.1, 0.15) is 22.4 Å². The summed E-state index contributed by atoms with van der Waals surface area (Å²) in [4.78, 5) is 39.5. The van der Waals surface area contributed by atoms with Crippen molar-refractivity contribution in [1.29, 1.82) is 0 Å². The van der Waals surface area contributed by atoms with Gasteiger partial charge in [0, 0.05) is 84.5 Å². The zero-order valence-electron chi connectivity index (χ0n) is 41.2. The van der Waals surface area contributed by atoms with Gasteiger partial charge in [0.2, 0.25) is 0 Å². The minimum atomic E-state index is -2.58. The molecule has 0 saturated carbocycles. The second-order valence-electron chi connectivity index (χ2n) is 16.5. The molecule has 0 atom stereocenters. The predicted octanol–water partition coefficient (Wildman–Crippen LogP) is 10.2. The van der Waals surface area contributed by atoms with Gasteiger partial charge in [0.25, 0.3) is 24.7 Å². The van der Waals surface area contributed by atoms with E-state index < -0.39 is 12.9 Å². The molecule has 2 fully saturated rings. The van der Waals surface area contributed by atoms with Gasteiger partial charge in [-0.25, -0.2) is 27.5 Å². The molecule has 372 valence electrons. The van der Waals surface area contributed by atoms with Crippen LogP contribution in [-0.2, 0) is 9.47 Å². The number of halogens is 4. The van der Waals surface area contributed by atoms with Crippen molar-refractivity contribution in [1.82, 2.24) is 40.2 Å². The van der Waals surface area contributed by atoms with Gasteiger partial charge in [-0.15, -0.1) is 0 Å². The van der Waals surface area contributed by atoms with Gasteiger partial charge in [-0.1, -0.05) is 33.8 Å². The number of carbonyl (C=O) groups is 2. The first-order chi connectivity index (χ1) is 33.3. The number of ether oxygens (including phenoxy) is 2. The highest BCUT2D eigenvalue weighted by molar-refractivity contribution is 5.99. The quantitative estimate of drug-likeness (QED) is 0.133. The van der Waals surface area contributed by atoms with Crippen LogP contribution in [0.2, 0.25) is 0 Å². The Labute approximate surface area is 401 Å². The summed E-state index contributed by atoms with van der Waals surface area (Å²) in [5.41, 5.74) is 6.49.